The highest BCUT2D eigenvalue weighted by molar-refractivity contribution is 7.16. The fourth-order valence-electron chi connectivity index (χ4n) is 3.43. The number of aromatic nitrogens is 3. The molecule has 3 amide bonds. The zero-order valence-corrected chi connectivity index (χ0v) is 18.8. The van der Waals surface area contributed by atoms with Crippen LogP contribution in [0.5, 0.6) is 0 Å². The summed E-state index contributed by atoms with van der Waals surface area (Å²) in [5.74, 6) is -1.00. The summed E-state index contributed by atoms with van der Waals surface area (Å²) in [7, 11) is 1.47. The summed E-state index contributed by atoms with van der Waals surface area (Å²) in [6.07, 6.45) is 0.980. The van der Waals surface area contributed by atoms with Crippen molar-refractivity contribution in [2.24, 2.45) is 0 Å². The van der Waals surface area contributed by atoms with Crippen molar-refractivity contribution in [3.8, 4) is 0 Å². The molecule has 2 N–H and O–H groups in total. The Morgan fingerprint density at radius 2 is 2.00 bits per heavy atom. The van der Waals surface area contributed by atoms with Crippen molar-refractivity contribution in [3.63, 3.8) is 0 Å². The molecular weight excluding hydrogens is 448 g/mol. The molecule has 1 aromatic carbocycles. The summed E-state index contributed by atoms with van der Waals surface area (Å²) in [5.41, 5.74) is 0.940. The molecule has 0 spiro atoms. The number of hydrogen-bond acceptors (Lipinski definition) is 9. The lowest BCUT2D eigenvalue weighted by molar-refractivity contribution is 0.0919. The predicted octanol–water partition coefficient (Wildman–Crippen LogP) is 2.92. The number of rotatable bonds is 6. The SMILES string of the molecule is CNC(=O)c1nc([C@H]2CCCN2C(=O)OCc2ccccc2)sc1NC(=O)c1noc(C)n1. The molecule has 0 bridgehead atoms. The van der Waals surface area contributed by atoms with Crippen molar-refractivity contribution in [3.05, 3.63) is 58.3 Å². The predicted molar refractivity (Wildman–Crippen MR) is 118 cm³/mol. The molecule has 4 rings (SSSR count). The maximum absolute atomic E-state index is 12.8. The van der Waals surface area contributed by atoms with E-state index in [1.807, 2.05) is 30.3 Å². The quantitative estimate of drug-likeness (QED) is 0.560. The first-order chi connectivity index (χ1) is 16.0. The molecule has 33 heavy (non-hydrogen) atoms. The van der Waals surface area contributed by atoms with Crippen molar-refractivity contribution in [1.82, 2.24) is 25.3 Å². The molecule has 0 unspecified atom stereocenters. The third-order valence-electron chi connectivity index (χ3n) is 5.02. The Morgan fingerprint density at radius 1 is 1.21 bits per heavy atom. The van der Waals surface area contributed by atoms with Gasteiger partial charge in [0.05, 0.1) is 6.04 Å². The van der Waals surface area contributed by atoms with Gasteiger partial charge in [-0.15, -0.1) is 0 Å². The summed E-state index contributed by atoms with van der Waals surface area (Å²) in [6, 6.07) is 9.05. The van der Waals surface area contributed by atoms with E-state index in [1.54, 1.807) is 11.8 Å². The Kier molecular flexibility index (Phi) is 6.63. The number of aryl methyl sites for hydroxylation is 1. The first-order valence-electron chi connectivity index (χ1n) is 10.3. The minimum absolute atomic E-state index is 0.0515. The fourth-order valence-corrected chi connectivity index (χ4v) is 4.54. The van der Waals surface area contributed by atoms with E-state index in [2.05, 4.69) is 25.8 Å². The van der Waals surface area contributed by atoms with Crippen molar-refractivity contribution < 1.29 is 23.6 Å². The first kappa shape index (κ1) is 22.4. The minimum atomic E-state index is -0.627. The van der Waals surface area contributed by atoms with E-state index < -0.39 is 17.9 Å². The van der Waals surface area contributed by atoms with Crippen LogP contribution in [0.25, 0.3) is 0 Å². The molecule has 0 radical (unpaired) electrons. The van der Waals surface area contributed by atoms with E-state index in [-0.39, 0.29) is 35.1 Å². The lowest BCUT2D eigenvalue weighted by atomic mass is 10.2. The Balaban J connectivity index is 1.52. The smallest absolute Gasteiger partial charge is 0.410 e. The third kappa shape index (κ3) is 5.00. The van der Waals surface area contributed by atoms with Crippen molar-refractivity contribution in [2.75, 3.05) is 18.9 Å². The lowest BCUT2D eigenvalue weighted by Gasteiger charge is -2.22. The van der Waals surface area contributed by atoms with Crippen LogP contribution in [0.4, 0.5) is 9.80 Å². The zero-order valence-electron chi connectivity index (χ0n) is 18.0. The monoisotopic (exact) mass is 470 g/mol. The number of carbonyl (C=O) groups excluding carboxylic acids is 3. The number of benzene rings is 1. The van der Waals surface area contributed by atoms with Gasteiger partial charge in [-0.3, -0.25) is 14.5 Å². The van der Waals surface area contributed by atoms with Gasteiger partial charge in [0.1, 0.15) is 16.6 Å². The molecule has 12 heteroatoms. The number of amides is 3. The van der Waals surface area contributed by atoms with Gasteiger partial charge in [0.2, 0.25) is 5.89 Å². The van der Waals surface area contributed by atoms with Crippen LogP contribution < -0.4 is 10.6 Å². The molecule has 2 aromatic heterocycles. The second-order valence-electron chi connectivity index (χ2n) is 7.29. The van der Waals surface area contributed by atoms with Crippen LogP contribution in [0.3, 0.4) is 0 Å². The molecule has 1 aliphatic rings. The van der Waals surface area contributed by atoms with Gasteiger partial charge >= 0.3 is 6.09 Å². The minimum Gasteiger partial charge on any atom is -0.445 e. The number of carbonyl (C=O) groups is 3. The molecule has 0 aliphatic carbocycles. The molecule has 172 valence electrons. The zero-order chi connectivity index (χ0) is 23.4. The highest BCUT2D eigenvalue weighted by Crippen LogP contribution is 2.38. The van der Waals surface area contributed by atoms with E-state index in [0.29, 0.717) is 18.0 Å². The van der Waals surface area contributed by atoms with Gasteiger partial charge in [-0.25, -0.2) is 9.78 Å². The Hall–Kier alpha value is -3.80. The van der Waals surface area contributed by atoms with Crippen LogP contribution in [0, 0.1) is 6.92 Å². The van der Waals surface area contributed by atoms with Gasteiger partial charge in [-0.05, 0) is 18.4 Å². The summed E-state index contributed by atoms with van der Waals surface area (Å²) in [5, 5.41) is 9.50. The molecule has 3 heterocycles. The molecule has 1 saturated heterocycles. The highest BCUT2D eigenvalue weighted by atomic mass is 32.1. The number of likely N-dealkylation sites (tertiary alicyclic amines) is 1. The van der Waals surface area contributed by atoms with E-state index >= 15 is 0 Å². The van der Waals surface area contributed by atoms with Crippen molar-refractivity contribution in [1.29, 1.82) is 0 Å². The fraction of sp³-hybridized carbons (Fsp3) is 0.333. The first-order valence-corrected chi connectivity index (χ1v) is 11.1. The largest absolute Gasteiger partial charge is 0.445 e. The number of ether oxygens (including phenoxy) is 1. The van der Waals surface area contributed by atoms with E-state index in [1.165, 1.54) is 7.05 Å². The number of hydrogen-bond donors (Lipinski definition) is 2. The van der Waals surface area contributed by atoms with Gasteiger partial charge in [0.15, 0.2) is 5.69 Å². The summed E-state index contributed by atoms with van der Waals surface area (Å²) >= 11 is 1.13. The highest BCUT2D eigenvalue weighted by Gasteiger charge is 2.35. The topological polar surface area (TPSA) is 140 Å². The van der Waals surface area contributed by atoms with Crippen molar-refractivity contribution >= 4 is 34.2 Å². The lowest BCUT2D eigenvalue weighted by Crippen LogP contribution is -2.31. The number of anilines is 1. The number of thiazole rings is 1. The van der Waals surface area contributed by atoms with E-state index in [4.69, 9.17) is 9.26 Å². The number of nitrogens with zero attached hydrogens (tertiary/aromatic N) is 4. The molecule has 3 aromatic rings. The summed E-state index contributed by atoms with van der Waals surface area (Å²) in [6.45, 7) is 2.24. The Morgan fingerprint density at radius 3 is 2.70 bits per heavy atom. The van der Waals surface area contributed by atoms with Gasteiger partial charge in [-0.1, -0.05) is 46.8 Å². The molecule has 1 aliphatic heterocycles. The standard InChI is InChI=1S/C21H22N6O5S/c1-12-23-16(26-32-12)18(29)25-20-15(17(28)22-2)24-19(33-20)14-9-6-10-27(14)21(30)31-11-13-7-4-3-5-8-13/h3-5,7-8,14H,6,9-11H2,1-2H3,(H,22,28)(H,25,29)/t14-/m1/s1. The van der Waals surface area contributed by atoms with Gasteiger partial charge < -0.3 is 19.9 Å². The van der Waals surface area contributed by atoms with Crippen LogP contribution in [0.2, 0.25) is 0 Å². The summed E-state index contributed by atoms with van der Waals surface area (Å²) < 4.78 is 10.3. The molecular formula is C21H22N6O5S. The van der Waals surface area contributed by atoms with Gasteiger partial charge in [-0.2, -0.15) is 4.98 Å². The van der Waals surface area contributed by atoms with E-state index in [0.717, 1.165) is 23.3 Å². The second-order valence-corrected chi connectivity index (χ2v) is 8.32. The molecule has 1 atom stereocenters. The maximum Gasteiger partial charge on any atom is 0.410 e. The average Bonchev–Trinajstić information content (AvgIpc) is 3.57. The molecule has 0 saturated carbocycles. The van der Waals surface area contributed by atoms with Crippen LogP contribution in [-0.4, -0.2) is 51.5 Å². The summed E-state index contributed by atoms with van der Waals surface area (Å²) in [4.78, 5) is 47.6. The Bertz CT molecular complexity index is 1160. The maximum atomic E-state index is 12.8. The van der Waals surface area contributed by atoms with Gasteiger partial charge in [0, 0.05) is 20.5 Å². The normalized spacial score (nSPS) is 15.3. The van der Waals surface area contributed by atoms with Crippen LogP contribution in [-0.2, 0) is 11.3 Å². The van der Waals surface area contributed by atoms with Crippen molar-refractivity contribution in [2.45, 2.75) is 32.4 Å². The number of nitrogens with one attached hydrogen (secondary N) is 2. The average molecular weight is 471 g/mol. The third-order valence-corrected chi connectivity index (χ3v) is 6.09. The van der Waals surface area contributed by atoms with Crippen LogP contribution >= 0.6 is 11.3 Å². The second kappa shape index (κ2) is 9.77. The van der Waals surface area contributed by atoms with Crippen LogP contribution in [0.15, 0.2) is 34.9 Å². The molecule has 11 nitrogen and oxygen atoms in total. The van der Waals surface area contributed by atoms with E-state index in [9.17, 15) is 14.4 Å². The van der Waals surface area contributed by atoms with Crippen LogP contribution in [0.1, 0.15) is 56.5 Å². The van der Waals surface area contributed by atoms with Gasteiger partial charge in [0.25, 0.3) is 17.6 Å². The molecule has 1 fully saturated rings. The Labute approximate surface area is 193 Å².